The molecule has 2 heterocycles. The molecule has 148 valence electrons. The number of Topliss-reactive ketones (excluding diaryl/α,β-unsaturated/α-hetero) is 1. The molecule has 1 N–H and O–H groups in total. The smallest absolute Gasteiger partial charge is 0.241 e. The number of carbonyl (C=O) groups is 2. The third kappa shape index (κ3) is 4.43. The molecule has 1 atom stereocenters. The van der Waals surface area contributed by atoms with Crippen molar-refractivity contribution in [3.8, 4) is 5.69 Å². The first-order chi connectivity index (χ1) is 14.1. The van der Waals surface area contributed by atoms with Crippen molar-refractivity contribution in [3.63, 3.8) is 0 Å². The Balaban J connectivity index is 1.45. The number of aromatic nitrogens is 2. The van der Waals surface area contributed by atoms with Gasteiger partial charge in [-0.2, -0.15) is 5.10 Å². The number of hydrogen-bond donors (Lipinski definition) is 1. The van der Waals surface area contributed by atoms with Crippen LogP contribution in [0.5, 0.6) is 0 Å². The van der Waals surface area contributed by atoms with Gasteiger partial charge in [-0.3, -0.25) is 14.5 Å². The highest BCUT2D eigenvalue weighted by atomic mass is 16.2. The molecule has 0 bridgehead atoms. The molecule has 1 aliphatic rings. The summed E-state index contributed by atoms with van der Waals surface area (Å²) in [6.45, 7) is 3.10. The van der Waals surface area contributed by atoms with E-state index in [-0.39, 0.29) is 17.7 Å². The second-order valence-corrected chi connectivity index (χ2v) is 7.38. The van der Waals surface area contributed by atoms with E-state index in [0.717, 1.165) is 36.3 Å². The van der Waals surface area contributed by atoms with Crippen molar-refractivity contribution in [2.45, 2.75) is 32.4 Å². The van der Waals surface area contributed by atoms with Crippen LogP contribution in [0.2, 0.25) is 0 Å². The summed E-state index contributed by atoms with van der Waals surface area (Å²) in [5, 5.41) is 7.29. The Labute approximate surface area is 170 Å². The van der Waals surface area contributed by atoms with E-state index in [9.17, 15) is 9.59 Å². The molecular formula is C23H24N4O2. The Bertz CT molecular complexity index is 1010. The van der Waals surface area contributed by atoms with E-state index in [1.165, 1.54) is 0 Å². The van der Waals surface area contributed by atoms with Gasteiger partial charge in [0.05, 0.1) is 11.7 Å². The lowest BCUT2D eigenvalue weighted by Crippen LogP contribution is -2.39. The summed E-state index contributed by atoms with van der Waals surface area (Å²) < 4.78 is 1.76. The van der Waals surface area contributed by atoms with Gasteiger partial charge in [0, 0.05) is 30.2 Å². The molecule has 0 saturated carbocycles. The summed E-state index contributed by atoms with van der Waals surface area (Å²) in [5.74, 6) is 0.0578. The average molecular weight is 388 g/mol. The number of ketones is 1. The maximum Gasteiger partial charge on any atom is 0.241 e. The van der Waals surface area contributed by atoms with E-state index < -0.39 is 0 Å². The van der Waals surface area contributed by atoms with E-state index in [2.05, 4.69) is 15.3 Å². The number of anilines is 1. The summed E-state index contributed by atoms with van der Waals surface area (Å²) in [7, 11) is 0. The number of nitrogens with one attached hydrogen (secondary N) is 1. The molecule has 3 aromatic rings. The molecule has 0 radical (unpaired) electrons. The average Bonchev–Trinajstić information content (AvgIpc) is 3.40. The number of benzene rings is 2. The van der Waals surface area contributed by atoms with Crippen molar-refractivity contribution in [3.05, 3.63) is 78.1 Å². The fraction of sp³-hybridized carbons (Fsp3) is 0.261. The van der Waals surface area contributed by atoms with E-state index >= 15 is 0 Å². The van der Waals surface area contributed by atoms with Crippen LogP contribution in [0.25, 0.3) is 5.69 Å². The quantitative estimate of drug-likeness (QED) is 0.654. The van der Waals surface area contributed by atoms with Crippen molar-refractivity contribution < 1.29 is 9.59 Å². The normalized spacial score (nSPS) is 16.7. The number of amides is 1. The maximum absolute atomic E-state index is 13.0. The van der Waals surface area contributed by atoms with Gasteiger partial charge in [-0.05, 0) is 62.2 Å². The van der Waals surface area contributed by atoms with Crippen LogP contribution in [0.15, 0.2) is 67.0 Å². The molecule has 29 heavy (non-hydrogen) atoms. The van der Waals surface area contributed by atoms with Crippen LogP contribution in [0.3, 0.4) is 0 Å². The fourth-order valence-electron chi connectivity index (χ4n) is 3.81. The van der Waals surface area contributed by atoms with Crippen molar-refractivity contribution in [2.75, 3.05) is 11.9 Å². The maximum atomic E-state index is 13.0. The summed E-state index contributed by atoms with van der Waals surface area (Å²) in [6.07, 6.45) is 5.41. The van der Waals surface area contributed by atoms with Gasteiger partial charge in [0.15, 0.2) is 5.78 Å². The SMILES string of the molecule is CC(=O)c1cccc(CN2CCC[C@@H]2C(=O)Nc2cccc(-n3cccn3)c2)c1. The van der Waals surface area contributed by atoms with Gasteiger partial charge >= 0.3 is 0 Å². The van der Waals surface area contributed by atoms with Crippen molar-refractivity contribution in [1.82, 2.24) is 14.7 Å². The minimum atomic E-state index is -0.177. The number of carbonyl (C=O) groups excluding carboxylic acids is 2. The van der Waals surface area contributed by atoms with Crippen LogP contribution in [0.4, 0.5) is 5.69 Å². The van der Waals surface area contributed by atoms with Gasteiger partial charge in [0.25, 0.3) is 0 Å². The molecule has 1 aromatic heterocycles. The zero-order chi connectivity index (χ0) is 20.2. The molecule has 2 aromatic carbocycles. The molecule has 1 saturated heterocycles. The second kappa shape index (κ2) is 8.41. The molecular weight excluding hydrogens is 364 g/mol. The third-order valence-electron chi connectivity index (χ3n) is 5.27. The Morgan fingerprint density at radius 3 is 2.79 bits per heavy atom. The highest BCUT2D eigenvalue weighted by Gasteiger charge is 2.30. The van der Waals surface area contributed by atoms with Crippen LogP contribution in [-0.4, -0.2) is 39.0 Å². The van der Waals surface area contributed by atoms with Gasteiger partial charge in [-0.15, -0.1) is 0 Å². The van der Waals surface area contributed by atoms with Gasteiger partial charge in [0.2, 0.25) is 5.91 Å². The standard InChI is InChI=1S/C23H24N4O2/c1-17(28)19-7-2-6-18(14-19)16-26-12-4-10-22(26)23(29)25-20-8-3-9-21(15-20)27-13-5-11-24-27/h2-3,5-9,11,13-15,22H,4,10,12,16H2,1H3,(H,25,29)/t22-/m1/s1. The predicted octanol–water partition coefficient (Wildman–Crippen LogP) is 3.68. The first-order valence-corrected chi connectivity index (χ1v) is 9.85. The lowest BCUT2D eigenvalue weighted by Gasteiger charge is -2.24. The van der Waals surface area contributed by atoms with Crippen LogP contribution in [0.1, 0.15) is 35.7 Å². The van der Waals surface area contributed by atoms with Gasteiger partial charge < -0.3 is 5.32 Å². The molecule has 1 amide bonds. The van der Waals surface area contributed by atoms with Gasteiger partial charge in [0.1, 0.15) is 0 Å². The summed E-state index contributed by atoms with van der Waals surface area (Å²) in [4.78, 5) is 26.8. The first-order valence-electron chi connectivity index (χ1n) is 9.85. The molecule has 0 unspecified atom stereocenters. The highest BCUT2D eigenvalue weighted by Crippen LogP contribution is 2.23. The minimum Gasteiger partial charge on any atom is -0.325 e. The number of nitrogens with zero attached hydrogens (tertiary/aromatic N) is 3. The summed E-state index contributed by atoms with van der Waals surface area (Å²) in [6, 6.07) is 17.0. The molecule has 1 fully saturated rings. The molecule has 6 heteroatoms. The molecule has 6 nitrogen and oxygen atoms in total. The van der Waals surface area contributed by atoms with Crippen LogP contribution < -0.4 is 5.32 Å². The minimum absolute atomic E-state index is 0.00263. The summed E-state index contributed by atoms with van der Waals surface area (Å²) >= 11 is 0. The lowest BCUT2D eigenvalue weighted by atomic mass is 10.1. The second-order valence-electron chi connectivity index (χ2n) is 7.38. The van der Waals surface area contributed by atoms with Crippen molar-refractivity contribution in [2.24, 2.45) is 0 Å². The van der Waals surface area contributed by atoms with Crippen LogP contribution in [0, 0.1) is 0 Å². The zero-order valence-corrected chi connectivity index (χ0v) is 16.4. The number of hydrogen-bond acceptors (Lipinski definition) is 4. The predicted molar refractivity (Wildman–Crippen MR) is 112 cm³/mol. The lowest BCUT2D eigenvalue weighted by molar-refractivity contribution is -0.120. The first kappa shape index (κ1) is 19.1. The van der Waals surface area contributed by atoms with E-state index in [0.29, 0.717) is 12.1 Å². The van der Waals surface area contributed by atoms with Gasteiger partial charge in [-0.1, -0.05) is 24.3 Å². The monoisotopic (exact) mass is 388 g/mol. The Hall–Kier alpha value is -3.25. The molecule has 4 rings (SSSR count). The van der Waals surface area contributed by atoms with E-state index in [1.807, 2.05) is 60.8 Å². The van der Waals surface area contributed by atoms with E-state index in [4.69, 9.17) is 0 Å². The van der Waals surface area contributed by atoms with Gasteiger partial charge in [-0.25, -0.2) is 4.68 Å². The molecule has 0 aliphatic carbocycles. The Morgan fingerprint density at radius 1 is 1.14 bits per heavy atom. The highest BCUT2D eigenvalue weighted by molar-refractivity contribution is 5.95. The van der Waals surface area contributed by atoms with E-state index in [1.54, 1.807) is 17.8 Å². The molecule has 1 aliphatic heterocycles. The third-order valence-corrected chi connectivity index (χ3v) is 5.27. The van der Waals surface area contributed by atoms with Crippen molar-refractivity contribution >= 4 is 17.4 Å². The summed E-state index contributed by atoms with van der Waals surface area (Å²) in [5.41, 5.74) is 3.42. The topological polar surface area (TPSA) is 67.2 Å². The van der Waals surface area contributed by atoms with Crippen molar-refractivity contribution in [1.29, 1.82) is 0 Å². The largest absolute Gasteiger partial charge is 0.325 e. The van der Waals surface area contributed by atoms with Crippen LogP contribution in [-0.2, 0) is 11.3 Å². The number of likely N-dealkylation sites (tertiary alicyclic amines) is 1. The number of rotatable bonds is 6. The van der Waals surface area contributed by atoms with Crippen LogP contribution >= 0.6 is 0 Å². The molecule has 0 spiro atoms. The zero-order valence-electron chi connectivity index (χ0n) is 16.4. The Morgan fingerprint density at radius 2 is 2.00 bits per heavy atom. The fourth-order valence-corrected chi connectivity index (χ4v) is 3.81. The Kier molecular flexibility index (Phi) is 5.53.